The number of carbonyl (C=O) groups is 1. The molecule has 0 aliphatic rings. The summed E-state index contributed by atoms with van der Waals surface area (Å²) >= 11 is 0. The van der Waals surface area contributed by atoms with E-state index in [2.05, 4.69) is 10.3 Å². The molecule has 0 aliphatic carbocycles. The summed E-state index contributed by atoms with van der Waals surface area (Å²) in [5.74, 6) is -0.960. The van der Waals surface area contributed by atoms with Crippen LogP contribution in [0.15, 0.2) is 66.7 Å². The topological polar surface area (TPSA) is 145 Å². The van der Waals surface area contributed by atoms with E-state index in [1.165, 1.54) is 37.4 Å². The Morgan fingerprint density at radius 1 is 1.14 bits per heavy atom. The monoisotopic (exact) mass is 511 g/mol. The number of halogens is 1. The maximum absolute atomic E-state index is 13.8. The van der Waals surface area contributed by atoms with Gasteiger partial charge in [-0.05, 0) is 54.1 Å². The van der Waals surface area contributed by atoms with Crippen molar-refractivity contribution in [1.82, 2.24) is 9.71 Å². The Hall–Kier alpha value is -4.18. The number of nitrogens with one attached hydrogen (secondary N) is 1. The molecule has 184 valence electrons. The quantitative estimate of drug-likeness (QED) is 0.124. The zero-order valence-corrected chi connectivity index (χ0v) is 19.8. The van der Waals surface area contributed by atoms with Gasteiger partial charge in [-0.3, -0.25) is 9.36 Å². The molecule has 0 radical (unpaired) electrons. The molecule has 0 aliphatic heterocycles. The number of hydrogen-bond donors (Lipinski definition) is 4. The Morgan fingerprint density at radius 3 is 2.53 bits per heavy atom. The van der Waals surface area contributed by atoms with Crippen molar-refractivity contribution in [3.63, 3.8) is 0 Å². The molecule has 4 aromatic rings. The lowest BCUT2D eigenvalue weighted by Crippen LogP contribution is -2.07. The van der Waals surface area contributed by atoms with Crippen molar-refractivity contribution in [2.45, 2.75) is 6.16 Å². The summed E-state index contributed by atoms with van der Waals surface area (Å²) in [5, 5.41) is 13.2. The van der Waals surface area contributed by atoms with Crippen LogP contribution in [-0.4, -0.2) is 42.4 Å². The first-order valence-electron chi connectivity index (χ1n) is 10.6. The Bertz CT molecular complexity index is 1560. The van der Waals surface area contributed by atoms with Gasteiger partial charge in [-0.25, -0.2) is 9.37 Å². The molecule has 12 heteroatoms. The van der Waals surface area contributed by atoms with Gasteiger partial charge in [0.2, 0.25) is 5.91 Å². The summed E-state index contributed by atoms with van der Waals surface area (Å²) < 4.78 is 26.5. The normalized spacial score (nSPS) is 11.8. The first-order valence-corrected chi connectivity index (χ1v) is 12.3. The molecule has 0 fully saturated rings. The SMILES string of the molecule is C[N+](=O)c1ccc2nc(-c3ccc(NC(=O)/C=C/c4ccc(F)c(CP(=O)(O)O)c4)cc3)n(O)c2c1. The van der Waals surface area contributed by atoms with Gasteiger partial charge in [-0.1, -0.05) is 6.07 Å². The van der Waals surface area contributed by atoms with Gasteiger partial charge in [-0.2, -0.15) is 4.73 Å². The van der Waals surface area contributed by atoms with Gasteiger partial charge in [0.15, 0.2) is 12.9 Å². The molecule has 0 atom stereocenters. The number of nitrogens with zero attached hydrogens (tertiary/aromatic N) is 3. The van der Waals surface area contributed by atoms with Gasteiger partial charge < -0.3 is 20.3 Å². The van der Waals surface area contributed by atoms with Crippen LogP contribution in [0.2, 0.25) is 0 Å². The molecule has 4 N–H and O–H groups in total. The third kappa shape index (κ3) is 5.72. The Balaban J connectivity index is 1.47. The minimum absolute atomic E-state index is 0.146. The Labute approximate surface area is 204 Å². The number of nitroso groups, excluding NO2 is 1. The second-order valence-electron chi connectivity index (χ2n) is 7.99. The van der Waals surface area contributed by atoms with Crippen LogP contribution in [0.3, 0.4) is 0 Å². The highest BCUT2D eigenvalue weighted by Gasteiger charge is 2.18. The van der Waals surface area contributed by atoms with Crippen molar-refractivity contribution in [1.29, 1.82) is 0 Å². The largest absolute Gasteiger partial charge is 0.426 e. The van der Waals surface area contributed by atoms with Crippen LogP contribution in [0.5, 0.6) is 0 Å². The molecule has 0 saturated heterocycles. The van der Waals surface area contributed by atoms with Crippen LogP contribution in [0, 0.1) is 10.7 Å². The number of imidazole rings is 1. The van der Waals surface area contributed by atoms with Crippen molar-refractivity contribution in [3.8, 4) is 11.4 Å². The molecule has 10 nitrogen and oxygen atoms in total. The zero-order chi connectivity index (χ0) is 26.0. The molecule has 0 saturated carbocycles. The van der Waals surface area contributed by atoms with Crippen LogP contribution in [0.1, 0.15) is 11.1 Å². The van der Waals surface area contributed by atoms with E-state index in [0.29, 0.717) is 38.3 Å². The van der Waals surface area contributed by atoms with E-state index in [9.17, 15) is 23.9 Å². The number of aromatic nitrogens is 2. The molecule has 1 heterocycles. The third-order valence-electron chi connectivity index (χ3n) is 5.26. The Kier molecular flexibility index (Phi) is 6.80. The maximum atomic E-state index is 13.8. The fraction of sp³-hybridized carbons (Fsp3) is 0.0833. The molecule has 0 unspecified atom stereocenters. The summed E-state index contributed by atoms with van der Waals surface area (Å²) in [7, 11) is -3.09. The minimum atomic E-state index is -4.44. The third-order valence-corrected chi connectivity index (χ3v) is 6.01. The lowest BCUT2D eigenvalue weighted by atomic mass is 10.1. The van der Waals surface area contributed by atoms with Crippen molar-refractivity contribution in [2.75, 3.05) is 12.4 Å². The second-order valence-corrected chi connectivity index (χ2v) is 9.64. The summed E-state index contributed by atoms with van der Waals surface area (Å²) in [6.45, 7) is 0. The van der Waals surface area contributed by atoms with Crippen molar-refractivity contribution >= 4 is 42.0 Å². The van der Waals surface area contributed by atoms with Crippen molar-refractivity contribution in [3.05, 3.63) is 88.6 Å². The van der Waals surface area contributed by atoms with Gasteiger partial charge in [0.25, 0.3) is 5.69 Å². The standard InChI is InChI=1S/C24H20FN4O6P/c1-28(31)19-8-10-21-22(13-19)29(32)24(27-21)16-4-6-18(7-5-16)26-23(30)11-3-15-2-9-20(25)17(12-15)14-36(33,34)35/h2-13H,14H2,1H3,(H3-,26,27,30,31,32,33,34,35)/p+1/b11-3+. The zero-order valence-electron chi connectivity index (χ0n) is 18.9. The number of carbonyl (C=O) groups excluding carboxylic acids is 1. The van der Waals surface area contributed by atoms with Crippen LogP contribution in [-0.2, 0) is 15.5 Å². The van der Waals surface area contributed by atoms with E-state index >= 15 is 0 Å². The van der Waals surface area contributed by atoms with Gasteiger partial charge in [0, 0.05) is 44.7 Å². The fourth-order valence-corrected chi connectivity index (χ4v) is 4.22. The van der Waals surface area contributed by atoms with Crippen LogP contribution < -0.4 is 5.32 Å². The van der Waals surface area contributed by atoms with E-state index in [1.807, 2.05) is 0 Å². The minimum Gasteiger partial charge on any atom is -0.426 e. The highest BCUT2D eigenvalue weighted by atomic mass is 31.2. The fourth-order valence-electron chi connectivity index (χ4n) is 3.53. The highest BCUT2D eigenvalue weighted by molar-refractivity contribution is 7.50. The van der Waals surface area contributed by atoms with Gasteiger partial charge in [-0.15, -0.1) is 0 Å². The predicted molar refractivity (Wildman–Crippen MR) is 131 cm³/mol. The van der Waals surface area contributed by atoms with E-state index in [0.717, 1.165) is 10.8 Å². The van der Waals surface area contributed by atoms with E-state index < -0.39 is 25.5 Å². The molecular weight excluding hydrogens is 490 g/mol. The first kappa shape index (κ1) is 24.9. The van der Waals surface area contributed by atoms with E-state index in [1.54, 1.807) is 36.4 Å². The van der Waals surface area contributed by atoms with Crippen molar-refractivity contribution in [2.24, 2.45) is 0 Å². The molecule has 4 rings (SSSR count). The Morgan fingerprint density at radius 2 is 1.86 bits per heavy atom. The van der Waals surface area contributed by atoms with Crippen LogP contribution >= 0.6 is 7.60 Å². The van der Waals surface area contributed by atoms with Crippen molar-refractivity contribution < 1.29 is 33.5 Å². The average molecular weight is 511 g/mol. The molecule has 36 heavy (non-hydrogen) atoms. The van der Waals surface area contributed by atoms with Crippen LogP contribution in [0.4, 0.5) is 15.8 Å². The van der Waals surface area contributed by atoms with Gasteiger partial charge in [0.1, 0.15) is 11.3 Å². The number of amides is 1. The van der Waals surface area contributed by atoms with Gasteiger partial charge in [0.05, 0.1) is 11.7 Å². The van der Waals surface area contributed by atoms with Crippen LogP contribution in [0.25, 0.3) is 28.5 Å². The molecule has 0 bridgehead atoms. The lowest BCUT2D eigenvalue weighted by molar-refractivity contribution is -0.428. The summed E-state index contributed by atoms with van der Waals surface area (Å²) in [4.78, 5) is 46.4. The summed E-state index contributed by atoms with van der Waals surface area (Å²) in [6, 6.07) is 15.0. The number of hydrogen-bond acceptors (Lipinski definition) is 5. The molecular formula is C24H21FN4O6P+. The number of fused-ring (bicyclic) bond motifs is 1. The average Bonchev–Trinajstić information content (AvgIpc) is 3.15. The number of anilines is 1. The summed E-state index contributed by atoms with van der Waals surface area (Å²) in [5.41, 5.74) is 2.54. The predicted octanol–water partition coefficient (Wildman–Crippen LogP) is 4.45. The maximum Gasteiger partial charge on any atom is 0.330 e. The number of rotatable bonds is 7. The van der Waals surface area contributed by atoms with Gasteiger partial charge >= 0.3 is 7.60 Å². The van der Waals surface area contributed by atoms with E-state index in [4.69, 9.17) is 9.79 Å². The summed E-state index contributed by atoms with van der Waals surface area (Å²) in [6.07, 6.45) is 1.87. The molecule has 3 aromatic carbocycles. The second kappa shape index (κ2) is 9.82. The first-order chi connectivity index (χ1) is 17.0. The smallest absolute Gasteiger partial charge is 0.330 e. The van der Waals surface area contributed by atoms with E-state index in [-0.39, 0.29) is 11.4 Å². The molecule has 0 spiro atoms. The highest BCUT2D eigenvalue weighted by Crippen LogP contribution is 2.39. The molecule has 1 aromatic heterocycles. The molecule has 1 amide bonds. The number of benzene rings is 3. The lowest BCUT2D eigenvalue weighted by Gasteiger charge is -2.07.